The standard InChI is InChI=1S/C15H17NO3/c17-14-6-12-8-16(9-13(12)7-14)15(18)19-10-11-4-2-1-3-5-11/h1-5,12-13H,6-10H2/t12-,13-/m1/s1. The summed E-state index contributed by atoms with van der Waals surface area (Å²) in [5.74, 6) is 1.06. The van der Waals surface area contributed by atoms with Gasteiger partial charge in [0.1, 0.15) is 12.4 Å². The Morgan fingerprint density at radius 2 is 1.79 bits per heavy atom. The number of benzene rings is 1. The van der Waals surface area contributed by atoms with Crippen molar-refractivity contribution in [2.45, 2.75) is 19.4 Å². The van der Waals surface area contributed by atoms with Crippen LogP contribution < -0.4 is 0 Å². The van der Waals surface area contributed by atoms with Crippen molar-refractivity contribution in [1.29, 1.82) is 0 Å². The van der Waals surface area contributed by atoms with Gasteiger partial charge in [-0.15, -0.1) is 0 Å². The molecule has 3 rings (SSSR count). The molecule has 1 aromatic rings. The van der Waals surface area contributed by atoms with Gasteiger partial charge in [-0.2, -0.15) is 0 Å². The van der Waals surface area contributed by atoms with E-state index in [4.69, 9.17) is 4.74 Å². The van der Waals surface area contributed by atoms with E-state index in [1.54, 1.807) is 4.90 Å². The number of ether oxygens (including phenoxy) is 1. The van der Waals surface area contributed by atoms with Crippen molar-refractivity contribution < 1.29 is 14.3 Å². The number of nitrogens with zero attached hydrogens (tertiary/aromatic N) is 1. The predicted octanol–water partition coefficient (Wildman–Crippen LogP) is 2.23. The highest BCUT2D eigenvalue weighted by molar-refractivity contribution is 5.82. The lowest BCUT2D eigenvalue weighted by molar-refractivity contribution is -0.118. The van der Waals surface area contributed by atoms with Crippen molar-refractivity contribution in [3.8, 4) is 0 Å². The molecular weight excluding hydrogens is 242 g/mol. The number of ketones is 1. The minimum absolute atomic E-state index is 0.259. The van der Waals surface area contributed by atoms with E-state index in [1.165, 1.54) is 0 Å². The molecule has 1 saturated heterocycles. The lowest BCUT2D eigenvalue weighted by Gasteiger charge is -2.16. The highest BCUT2D eigenvalue weighted by atomic mass is 16.6. The first-order valence-electron chi connectivity index (χ1n) is 6.69. The van der Waals surface area contributed by atoms with Crippen LogP contribution in [0, 0.1) is 11.8 Å². The van der Waals surface area contributed by atoms with Crippen molar-refractivity contribution in [3.63, 3.8) is 0 Å². The molecule has 2 atom stereocenters. The Bertz CT molecular complexity index is 469. The van der Waals surface area contributed by atoms with Crippen LogP contribution in [0.4, 0.5) is 4.79 Å². The van der Waals surface area contributed by atoms with E-state index in [1.807, 2.05) is 30.3 Å². The van der Waals surface area contributed by atoms with E-state index in [2.05, 4.69) is 0 Å². The van der Waals surface area contributed by atoms with Crippen LogP contribution in [0.1, 0.15) is 18.4 Å². The highest BCUT2D eigenvalue weighted by Gasteiger charge is 2.42. The summed E-state index contributed by atoms with van der Waals surface area (Å²) in [6, 6.07) is 9.66. The maximum Gasteiger partial charge on any atom is 0.410 e. The average molecular weight is 259 g/mol. The van der Waals surface area contributed by atoms with E-state index in [9.17, 15) is 9.59 Å². The molecule has 4 heteroatoms. The van der Waals surface area contributed by atoms with Gasteiger partial charge in [-0.25, -0.2) is 4.79 Å². The number of amides is 1. The van der Waals surface area contributed by atoms with E-state index >= 15 is 0 Å². The Morgan fingerprint density at radius 1 is 1.16 bits per heavy atom. The highest BCUT2D eigenvalue weighted by Crippen LogP contribution is 2.35. The van der Waals surface area contributed by atoms with Crippen LogP contribution in [0.25, 0.3) is 0 Å². The molecule has 19 heavy (non-hydrogen) atoms. The minimum atomic E-state index is -0.259. The van der Waals surface area contributed by atoms with Gasteiger partial charge in [0.15, 0.2) is 0 Å². The second-order valence-corrected chi connectivity index (χ2v) is 5.41. The van der Waals surface area contributed by atoms with E-state index < -0.39 is 0 Å². The molecule has 2 fully saturated rings. The summed E-state index contributed by atoms with van der Waals surface area (Å²) in [6.45, 7) is 1.65. The Labute approximate surface area is 112 Å². The number of rotatable bonds is 2. The summed E-state index contributed by atoms with van der Waals surface area (Å²) >= 11 is 0. The van der Waals surface area contributed by atoms with Gasteiger partial charge < -0.3 is 9.64 Å². The summed E-state index contributed by atoms with van der Waals surface area (Å²) in [4.78, 5) is 25.0. The number of likely N-dealkylation sites (tertiary alicyclic amines) is 1. The zero-order valence-corrected chi connectivity index (χ0v) is 10.7. The Balaban J connectivity index is 1.51. The first kappa shape index (κ1) is 12.2. The van der Waals surface area contributed by atoms with Crippen molar-refractivity contribution >= 4 is 11.9 Å². The molecule has 0 unspecified atom stereocenters. The molecule has 0 N–H and O–H groups in total. The van der Waals surface area contributed by atoms with Crippen LogP contribution in [-0.4, -0.2) is 29.9 Å². The minimum Gasteiger partial charge on any atom is -0.445 e. The fourth-order valence-corrected chi connectivity index (χ4v) is 3.03. The lowest BCUT2D eigenvalue weighted by atomic mass is 10.0. The fourth-order valence-electron chi connectivity index (χ4n) is 3.03. The Hall–Kier alpha value is -1.84. The van der Waals surface area contributed by atoms with E-state index in [0.29, 0.717) is 50.2 Å². The van der Waals surface area contributed by atoms with Crippen molar-refractivity contribution in [3.05, 3.63) is 35.9 Å². The van der Waals surface area contributed by atoms with Gasteiger partial charge in [0.05, 0.1) is 0 Å². The maximum absolute atomic E-state index is 12.0. The molecule has 2 aliphatic rings. The van der Waals surface area contributed by atoms with Crippen LogP contribution in [0.2, 0.25) is 0 Å². The summed E-state index contributed by atoms with van der Waals surface area (Å²) in [7, 11) is 0. The van der Waals surface area contributed by atoms with Crippen LogP contribution in [0.3, 0.4) is 0 Å². The predicted molar refractivity (Wildman–Crippen MR) is 69.4 cm³/mol. The lowest BCUT2D eigenvalue weighted by Crippen LogP contribution is -2.30. The molecule has 1 heterocycles. The van der Waals surface area contributed by atoms with Gasteiger partial charge in [-0.1, -0.05) is 30.3 Å². The van der Waals surface area contributed by atoms with Gasteiger partial charge in [-0.3, -0.25) is 4.79 Å². The van der Waals surface area contributed by atoms with Gasteiger partial charge >= 0.3 is 6.09 Å². The molecule has 1 aliphatic heterocycles. The molecule has 1 aromatic carbocycles. The maximum atomic E-state index is 12.0. The molecule has 0 spiro atoms. The molecule has 1 saturated carbocycles. The van der Waals surface area contributed by atoms with Gasteiger partial charge in [0, 0.05) is 25.9 Å². The normalized spacial score (nSPS) is 25.5. The molecule has 100 valence electrons. The molecule has 0 radical (unpaired) electrons. The Kier molecular flexibility index (Phi) is 3.23. The third-order valence-corrected chi connectivity index (χ3v) is 4.02. The van der Waals surface area contributed by atoms with Gasteiger partial charge in [0.25, 0.3) is 0 Å². The summed E-state index contributed by atoms with van der Waals surface area (Å²) in [6.07, 6.45) is 1.01. The molecule has 0 bridgehead atoms. The summed E-state index contributed by atoms with van der Waals surface area (Å²) in [5, 5.41) is 0. The molecule has 0 aromatic heterocycles. The van der Waals surface area contributed by atoms with E-state index in [0.717, 1.165) is 5.56 Å². The summed E-state index contributed by atoms with van der Waals surface area (Å²) < 4.78 is 5.31. The summed E-state index contributed by atoms with van der Waals surface area (Å²) in [5.41, 5.74) is 0.991. The third kappa shape index (κ3) is 2.62. The first-order chi connectivity index (χ1) is 9.22. The molecule has 1 amide bonds. The number of fused-ring (bicyclic) bond motifs is 1. The number of hydrogen-bond acceptors (Lipinski definition) is 3. The average Bonchev–Trinajstić information content (AvgIpc) is 2.94. The van der Waals surface area contributed by atoms with Crippen LogP contribution >= 0.6 is 0 Å². The second kappa shape index (κ2) is 5.03. The van der Waals surface area contributed by atoms with E-state index in [-0.39, 0.29) is 6.09 Å². The second-order valence-electron chi connectivity index (χ2n) is 5.41. The molecular formula is C15H17NO3. The number of hydrogen-bond donors (Lipinski definition) is 0. The van der Waals surface area contributed by atoms with Crippen molar-refractivity contribution in [2.75, 3.05) is 13.1 Å². The Morgan fingerprint density at radius 3 is 2.42 bits per heavy atom. The van der Waals surface area contributed by atoms with Gasteiger partial charge in [-0.05, 0) is 17.4 Å². The first-order valence-corrected chi connectivity index (χ1v) is 6.69. The van der Waals surface area contributed by atoms with Crippen LogP contribution in [0.15, 0.2) is 30.3 Å². The van der Waals surface area contributed by atoms with Crippen molar-refractivity contribution in [2.24, 2.45) is 11.8 Å². The number of carbonyl (C=O) groups excluding carboxylic acids is 2. The van der Waals surface area contributed by atoms with Crippen LogP contribution in [-0.2, 0) is 16.1 Å². The fraction of sp³-hybridized carbons (Fsp3) is 0.467. The third-order valence-electron chi connectivity index (χ3n) is 4.02. The monoisotopic (exact) mass is 259 g/mol. The largest absolute Gasteiger partial charge is 0.445 e. The zero-order chi connectivity index (χ0) is 13.2. The quantitative estimate of drug-likeness (QED) is 0.818. The zero-order valence-electron chi connectivity index (χ0n) is 10.7. The smallest absolute Gasteiger partial charge is 0.410 e. The van der Waals surface area contributed by atoms with Crippen LogP contribution in [0.5, 0.6) is 0 Å². The molecule has 4 nitrogen and oxygen atoms in total. The number of Topliss-reactive ketones (excluding diaryl/α,β-unsaturated/α-hetero) is 1. The van der Waals surface area contributed by atoms with Crippen molar-refractivity contribution in [1.82, 2.24) is 4.90 Å². The van der Waals surface area contributed by atoms with Gasteiger partial charge in [0.2, 0.25) is 0 Å². The topological polar surface area (TPSA) is 46.6 Å². The molecule has 1 aliphatic carbocycles. The SMILES string of the molecule is O=C1C[C@@H]2CN(C(=O)OCc3ccccc3)C[C@H]2C1. The number of carbonyl (C=O) groups is 2.